The van der Waals surface area contributed by atoms with E-state index in [9.17, 15) is 0 Å². The lowest BCUT2D eigenvalue weighted by Crippen LogP contribution is -1.87. The number of hydrogen-bond donors (Lipinski definition) is 1. The molecule has 20 heavy (non-hydrogen) atoms. The van der Waals surface area contributed by atoms with Crippen molar-refractivity contribution >= 4 is 56.7 Å². The first-order chi connectivity index (χ1) is 9.67. The highest BCUT2D eigenvalue weighted by atomic mass is 35.5. The Hall–Kier alpha value is -1.43. The minimum absolute atomic E-state index is 0.713. The Bertz CT molecular complexity index is 825. The monoisotopic (exact) mass is 320 g/mol. The molecule has 4 rings (SSSR count). The molecule has 0 unspecified atom stereocenters. The van der Waals surface area contributed by atoms with Crippen LogP contribution < -0.4 is 5.32 Å². The van der Waals surface area contributed by atoms with Gasteiger partial charge in [0.05, 0.1) is 20.9 Å². The zero-order valence-corrected chi connectivity index (χ0v) is 12.8. The van der Waals surface area contributed by atoms with Crippen molar-refractivity contribution < 1.29 is 4.42 Å². The first-order valence-electron chi connectivity index (χ1n) is 6.00. The summed E-state index contributed by atoms with van der Waals surface area (Å²) in [6.07, 6.45) is 2.04. The summed E-state index contributed by atoms with van der Waals surface area (Å²) in [7, 11) is 0. The van der Waals surface area contributed by atoms with Gasteiger partial charge in [-0.2, -0.15) is 0 Å². The van der Waals surface area contributed by atoms with Gasteiger partial charge < -0.3 is 9.73 Å². The second-order valence-corrected chi connectivity index (χ2v) is 6.97. The second-order valence-electron chi connectivity index (χ2n) is 4.46. The number of fused-ring (bicyclic) bond motifs is 2. The highest BCUT2D eigenvalue weighted by molar-refractivity contribution is 8.03. The number of nitrogens with one attached hydrogen (secondary N) is 1. The maximum Gasteiger partial charge on any atom is 0.190 e. The Morgan fingerprint density at radius 3 is 3.10 bits per heavy atom. The number of benzene rings is 1. The normalized spacial score (nSPS) is 15.8. The fourth-order valence-corrected chi connectivity index (χ4v) is 4.13. The summed E-state index contributed by atoms with van der Waals surface area (Å²) in [5.74, 6) is 0.920. The summed E-state index contributed by atoms with van der Waals surface area (Å²) >= 11 is 9.22. The Balaban J connectivity index is 1.67. The van der Waals surface area contributed by atoms with Crippen molar-refractivity contribution in [3.63, 3.8) is 0 Å². The molecule has 1 aromatic carbocycles. The number of thioether (sulfide) groups is 1. The molecule has 100 valence electrons. The van der Waals surface area contributed by atoms with Gasteiger partial charge in [-0.25, -0.2) is 4.98 Å². The standard InChI is InChI=1S/C14H9ClN2OS2/c1-7-4-10-14(18-7)20-13(17-10)6-12-16-9-5-8(15)2-3-11(9)19-12/h2-6,17H,1H3. The molecule has 0 radical (unpaired) electrons. The summed E-state index contributed by atoms with van der Waals surface area (Å²) in [6.45, 7) is 1.95. The van der Waals surface area contributed by atoms with E-state index in [2.05, 4.69) is 10.3 Å². The van der Waals surface area contributed by atoms with E-state index in [0.717, 1.165) is 36.8 Å². The van der Waals surface area contributed by atoms with Gasteiger partial charge in [0, 0.05) is 17.2 Å². The molecule has 0 bridgehead atoms. The van der Waals surface area contributed by atoms with E-state index in [1.807, 2.05) is 37.3 Å². The van der Waals surface area contributed by atoms with Crippen LogP contribution in [0.2, 0.25) is 5.02 Å². The van der Waals surface area contributed by atoms with Crippen LogP contribution in [0, 0.1) is 6.92 Å². The van der Waals surface area contributed by atoms with E-state index in [1.165, 1.54) is 0 Å². The van der Waals surface area contributed by atoms with Crippen molar-refractivity contribution in [2.24, 2.45) is 0 Å². The number of thiazole rings is 1. The number of anilines is 1. The molecule has 1 N–H and O–H groups in total. The van der Waals surface area contributed by atoms with Crippen LogP contribution in [0.15, 0.2) is 38.8 Å². The Kier molecular flexibility index (Phi) is 2.80. The number of aryl methyl sites for hydroxylation is 1. The Labute approximate surface area is 128 Å². The maximum absolute atomic E-state index is 5.98. The molecule has 0 spiro atoms. The predicted octanol–water partition coefficient (Wildman–Crippen LogP) is 5.37. The van der Waals surface area contributed by atoms with Gasteiger partial charge in [-0.05, 0) is 36.9 Å². The quantitative estimate of drug-likeness (QED) is 0.654. The minimum Gasteiger partial charge on any atom is -0.452 e. The van der Waals surface area contributed by atoms with Gasteiger partial charge in [0.15, 0.2) is 5.09 Å². The summed E-state index contributed by atoms with van der Waals surface area (Å²) < 4.78 is 6.73. The number of rotatable bonds is 1. The zero-order valence-electron chi connectivity index (χ0n) is 10.4. The second kappa shape index (κ2) is 4.55. The fraction of sp³-hybridized carbons (Fsp3) is 0.0714. The van der Waals surface area contributed by atoms with Crippen LogP contribution in [0.1, 0.15) is 10.8 Å². The molecule has 0 saturated heterocycles. The van der Waals surface area contributed by atoms with Crippen LogP contribution in [0.5, 0.6) is 0 Å². The number of halogens is 1. The van der Waals surface area contributed by atoms with E-state index >= 15 is 0 Å². The van der Waals surface area contributed by atoms with Gasteiger partial charge in [-0.1, -0.05) is 11.6 Å². The van der Waals surface area contributed by atoms with Crippen LogP contribution in [-0.4, -0.2) is 4.98 Å². The minimum atomic E-state index is 0.713. The highest BCUT2D eigenvalue weighted by Crippen LogP contribution is 2.43. The molecule has 0 amide bonds. The average molecular weight is 321 g/mol. The van der Waals surface area contributed by atoms with Gasteiger partial charge in [0.1, 0.15) is 10.8 Å². The van der Waals surface area contributed by atoms with Crippen molar-refractivity contribution in [3.05, 3.63) is 45.1 Å². The molecule has 1 aliphatic heterocycles. The summed E-state index contributed by atoms with van der Waals surface area (Å²) in [5.41, 5.74) is 1.97. The number of furan rings is 1. The molecule has 0 fully saturated rings. The van der Waals surface area contributed by atoms with Gasteiger partial charge in [-0.3, -0.25) is 0 Å². The Morgan fingerprint density at radius 1 is 1.35 bits per heavy atom. The van der Waals surface area contributed by atoms with Crippen molar-refractivity contribution in [2.75, 3.05) is 5.32 Å². The van der Waals surface area contributed by atoms with Crippen molar-refractivity contribution in [3.8, 4) is 0 Å². The molecule has 1 aliphatic rings. The molecule has 0 atom stereocenters. The van der Waals surface area contributed by atoms with Gasteiger partial charge in [0.2, 0.25) is 0 Å². The first kappa shape index (κ1) is 12.3. The third-order valence-electron chi connectivity index (χ3n) is 2.90. The SMILES string of the molecule is Cc1cc2c(o1)SC(=Cc1nc3cc(Cl)ccc3s1)N2. The van der Waals surface area contributed by atoms with Crippen LogP contribution >= 0.6 is 34.7 Å². The van der Waals surface area contributed by atoms with Gasteiger partial charge >= 0.3 is 0 Å². The number of aromatic nitrogens is 1. The largest absolute Gasteiger partial charge is 0.452 e. The molecule has 2 aromatic heterocycles. The van der Waals surface area contributed by atoms with E-state index < -0.39 is 0 Å². The van der Waals surface area contributed by atoms with Crippen LogP contribution in [0.25, 0.3) is 16.3 Å². The highest BCUT2D eigenvalue weighted by Gasteiger charge is 2.20. The smallest absolute Gasteiger partial charge is 0.190 e. The van der Waals surface area contributed by atoms with Crippen LogP contribution in [0.3, 0.4) is 0 Å². The molecule has 0 saturated carbocycles. The summed E-state index contributed by atoms with van der Waals surface area (Å²) in [4.78, 5) is 4.58. The van der Waals surface area contributed by atoms with E-state index in [1.54, 1.807) is 23.1 Å². The molecule has 3 aromatic rings. The van der Waals surface area contributed by atoms with E-state index in [4.69, 9.17) is 16.0 Å². The fourth-order valence-electron chi connectivity index (χ4n) is 2.07. The van der Waals surface area contributed by atoms with Crippen molar-refractivity contribution in [1.82, 2.24) is 4.98 Å². The van der Waals surface area contributed by atoms with Crippen molar-refractivity contribution in [2.45, 2.75) is 12.0 Å². The summed E-state index contributed by atoms with van der Waals surface area (Å²) in [6, 6.07) is 7.78. The molecular formula is C14H9ClN2OS2. The van der Waals surface area contributed by atoms with Crippen LogP contribution in [0.4, 0.5) is 5.69 Å². The molecule has 0 aliphatic carbocycles. The predicted molar refractivity (Wildman–Crippen MR) is 85.5 cm³/mol. The van der Waals surface area contributed by atoms with E-state index in [-0.39, 0.29) is 0 Å². The third kappa shape index (κ3) is 2.12. The topological polar surface area (TPSA) is 38.1 Å². The summed E-state index contributed by atoms with van der Waals surface area (Å²) in [5, 5.41) is 6.95. The van der Waals surface area contributed by atoms with Crippen molar-refractivity contribution in [1.29, 1.82) is 0 Å². The Morgan fingerprint density at radius 2 is 2.25 bits per heavy atom. The van der Waals surface area contributed by atoms with Crippen LogP contribution in [-0.2, 0) is 0 Å². The molecule has 3 heterocycles. The zero-order chi connectivity index (χ0) is 13.7. The molecule has 3 nitrogen and oxygen atoms in total. The lowest BCUT2D eigenvalue weighted by atomic mass is 10.3. The average Bonchev–Trinajstić information content (AvgIpc) is 3.01. The first-order valence-corrected chi connectivity index (χ1v) is 8.01. The maximum atomic E-state index is 5.98. The number of nitrogens with zero attached hydrogens (tertiary/aromatic N) is 1. The van der Waals surface area contributed by atoms with Gasteiger partial charge in [0.25, 0.3) is 0 Å². The molecular weight excluding hydrogens is 312 g/mol. The van der Waals surface area contributed by atoms with Gasteiger partial charge in [-0.15, -0.1) is 11.3 Å². The lowest BCUT2D eigenvalue weighted by Gasteiger charge is -1.95. The number of hydrogen-bond acceptors (Lipinski definition) is 5. The molecule has 6 heteroatoms. The third-order valence-corrected chi connectivity index (χ3v) is 5.05. The van der Waals surface area contributed by atoms with E-state index in [0.29, 0.717) is 5.02 Å². The lowest BCUT2D eigenvalue weighted by molar-refractivity contribution is 0.452.